The molecule has 0 aliphatic carbocycles. The summed E-state index contributed by atoms with van der Waals surface area (Å²) in [6.45, 7) is 2.05. The molecule has 0 saturated heterocycles. The molecule has 0 spiro atoms. The van der Waals surface area contributed by atoms with Gasteiger partial charge in [-0.25, -0.2) is 4.98 Å². The molecule has 3 aromatic rings. The van der Waals surface area contributed by atoms with Crippen LogP contribution in [0.2, 0.25) is 0 Å². The van der Waals surface area contributed by atoms with Gasteiger partial charge < -0.3 is 5.32 Å². The van der Waals surface area contributed by atoms with Crippen LogP contribution in [-0.4, -0.2) is 15.9 Å². The first-order chi connectivity index (χ1) is 10.7. The molecular weight excluding hydrogens is 294 g/mol. The normalized spacial score (nSPS) is 10.4. The molecule has 110 valence electrons. The minimum Gasteiger partial charge on any atom is -0.302 e. The Bertz CT molecular complexity index is 766. The number of aryl methyl sites for hydroxylation is 1. The van der Waals surface area contributed by atoms with Crippen molar-refractivity contribution in [2.24, 2.45) is 0 Å². The lowest BCUT2D eigenvalue weighted by molar-refractivity contribution is -0.115. The number of nitrogens with zero attached hydrogens (tertiary/aromatic N) is 2. The second-order valence-electron chi connectivity index (χ2n) is 4.95. The number of carbonyl (C=O) groups is 1. The highest BCUT2D eigenvalue weighted by Gasteiger charge is 2.09. The summed E-state index contributed by atoms with van der Waals surface area (Å²) in [4.78, 5) is 20.6. The monoisotopic (exact) mass is 309 g/mol. The Labute approximate surface area is 132 Å². The van der Waals surface area contributed by atoms with E-state index in [0.29, 0.717) is 5.13 Å². The highest BCUT2D eigenvalue weighted by molar-refractivity contribution is 7.14. The number of rotatable bonds is 4. The van der Waals surface area contributed by atoms with Crippen molar-refractivity contribution >= 4 is 22.4 Å². The van der Waals surface area contributed by atoms with Crippen LogP contribution in [0.5, 0.6) is 0 Å². The van der Waals surface area contributed by atoms with Gasteiger partial charge >= 0.3 is 0 Å². The van der Waals surface area contributed by atoms with E-state index in [9.17, 15) is 4.79 Å². The smallest absolute Gasteiger partial charge is 0.232 e. The number of aromatic nitrogens is 2. The van der Waals surface area contributed by atoms with Gasteiger partial charge in [-0.05, 0) is 19.1 Å². The molecule has 2 aromatic heterocycles. The van der Waals surface area contributed by atoms with Gasteiger partial charge in [-0.2, -0.15) is 0 Å². The lowest BCUT2D eigenvalue weighted by Crippen LogP contribution is -2.14. The SMILES string of the molecule is Cc1ccc(-c2csc(NC(=O)Cc3ccccn3)n2)cc1. The molecule has 0 bridgehead atoms. The van der Waals surface area contributed by atoms with E-state index in [-0.39, 0.29) is 12.3 Å². The molecule has 1 N–H and O–H groups in total. The summed E-state index contributed by atoms with van der Waals surface area (Å²) in [6.07, 6.45) is 1.93. The molecule has 1 amide bonds. The van der Waals surface area contributed by atoms with E-state index < -0.39 is 0 Å². The summed E-state index contributed by atoms with van der Waals surface area (Å²) in [5.41, 5.74) is 3.88. The average molecular weight is 309 g/mol. The van der Waals surface area contributed by atoms with Gasteiger partial charge in [0.1, 0.15) is 0 Å². The Morgan fingerprint density at radius 3 is 2.73 bits per heavy atom. The van der Waals surface area contributed by atoms with Crippen LogP contribution >= 0.6 is 11.3 Å². The molecule has 2 heterocycles. The zero-order chi connectivity index (χ0) is 15.4. The summed E-state index contributed by atoms with van der Waals surface area (Å²) < 4.78 is 0. The molecule has 22 heavy (non-hydrogen) atoms. The molecule has 0 radical (unpaired) electrons. The molecule has 0 atom stereocenters. The summed E-state index contributed by atoms with van der Waals surface area (Å²) in [5.74, 6) is -0.108. The molecule has 1 aromatic carbocycles. The molecular formula is C17H15N3OS. The van der Waals surface area contributed by atoms with E-state index in [1.54, 1.807) is 6.20 Å². The third kappa shape index (κ3) is 3.56. The van der Waals surface area contributed by atoms with Crippen LogP contribution in [0.25, 0.3) is 11.3 Å². The van der Waals surface area contributed by atoms with E-state index in [0.717, 1.165) is 17.0 Å². The van der Waals surface area contributed by atoms with Gasteiger partial charge in [-0.1, -0.05) is 35.9 Å². The lowest BCUT2D eigenvalue weighted by atomic mass is 10.1. The first-order valence-electron chi connectivity index (χ1n) is 6.93. The molecule has 0 aliphatic rings. The largest absolute Gasteiger partial charge is 0.302 e. The summed E-state index contributed by atoms with van der Waals surface area (Å²) in [7, 11) is 0. The Morgan fingerprint density at radius 2 is 2.00 bits per heavy atom. The number of carbonyl (C=O) groups excluding carboxylic acids is 1. The van der Waals surface area contributed by atoms with Crippen molar-refractivity contribution in [3.8, 4) is 11.3 Å². The maximum Gasteiger partial charge on any atom is 0.232 e. The van der Waals surface area contributed by atoms with E-state index in [1.165, 1.54) is 16.9 Å². The van der Waals surface area contributed by atoms with Crippen molar-refractivity contribution in [2.75, 3.05) is 5.32 Å². The van der Waals surface area contributed by atoms with Gasteiger partial charge in [0.15, 0.2) is 5.13 Å². The third-order valence-electron chi connectivity index (χ3n) is 3.17. The molecule has 3 rings (SSSR count). The number of hydrogen-bond acceptors (Lipinski definition) is 4. The number of thiazole rings is 1. The van der Waals surface area contributed by atoms with Crippen molar-refractivity contribution in [1.29, 1.82) is 0 Å². The van der Waals surface area contributed by atoms with Gasteiger partial charge in [0.05, 0.1) is 12.1 Å². The molecule has 0 saturated carbocycles. The molecule has 0 fully saturated rings. The van der Waals surface area contributed by atoms with Crippen LogP contribution < -0.4 is 5.32 Å². The fourth-order valence-corrected chi connectivity index (χ4v) is 2.75. The van der Waals surface area contributed by atoms with Gasteiger partial charge in [0, 0.05) is 22.8 Å². The highest BCUT2D eigenvalue weighted by atomic mass is 32.1. The van der Waals surface area contributed by atoms with Crippen LogP contribution in [0.1, 0.15) is 11.3 Å². The zero-order valence-electron chi connectivity index (χ0n) is 12.1. The lowest BCUT2D eigenvalue weighted by Gasteiger charge is -2.01. The number of benzene rings is 1. The van der Waals surface area contributed by atoms with Gasteiger partial charge in [-0.3, -0.25) is 9.78 Å². The van der Waals surface area contributed by atoms with Crippen molar-refractivity contribution in [2.45, 2.75) is 13.3 Å². The minimum absolute atomic E-state index is 0.108. The van der Waals surface area contributed by atoms with Gasteiger partial charge in [0.25, 0.3) is 0 Å². The number of anilines is 1. The van der Waals surface area contributed by atoms with Crippen LogP contribution in [0.4, 0.5) is 5.13 Å². The second kappa shape index (κ2) is 6.49. The van der Waals surface area contributed by atoms with E-state index in [2.05, 4.69) is 15.3 Å². The zero-order valence-corrected chi connectivity index (χ0v) is 12.9. The van der Waals surface area contributed by atoms with Crippen molar-refractivity contribution < 1.29 is 4.79 Å². The molecule has 5 heteroatoms. The third-order valence-corrected chi connectivity index (χ3v) is 3.92. The van der Waals surface area contributed by atoms with Crippen LogP contribution in [0.3, 0.4) is 0 Å². The van der Waals surface area contributed by atoms with E-state index >= 15 is 0 Å². The fraction of sp³-hybridized carbons (Fsp3) is 0.118. The number of nitrogens with one attached hydrogen (secondary N) is 1. The van der Waals surface area contributed by atoms with Crippen molar-refractivity contribution in [1.82, 2.24) is 9.97 Å². The molecule has 0 aliphatic heterocycles. The first kappa shape index (κ1) is 14.4. The van der Waals surface area contributed by atoms with Crippen molar-refractivity contribution in [3.63, 3.8) is 0 Å². The van der Waals surface area contributed by atoms with E-state index in [1.807, 2.05) is 54.8 Å². The predicted octanol–water partition coefficient (Wildman–Crippen LogP) is 3.69. The molecule has 4 nitrogen and oxygen atoms in total. The Balaban J connectivity index is 1.66. The quantitative estimate of drug-likeness (QED) is 0.799. The van der Waals surface area contributed by atoms with Crippen LogP contribution in [0, 0.1) is 6.92 Å². The topological polar surface area (TPSA) is 54.9 Å². The standard InChI is InChI=1S/C17H15N3OS/c1-12-5-7-13(8-6-12)15-11-22-17(19-15)20-16(21)10-14-4-2-3-9-18-14/h2-9,11H,10H2,1H3,(H,19,20,21). The summed E-state index contributed by atoms with van der Waals surface area (Å²) in [5, 5.41) is 5.37. The van der Waals surface area contributed by atoms with Crippen molar-refractivity contribution in [3.05, 3.63) is 65.3 Å². The Kier molecular flexibility index (Phi) is 4.25. The number of pyridine rings is 1. The summed E-state index contributed by atoms with van der Waals surface area (Å²) >= 11 is 1.42. The van der Waals surface area contributed by atoms with Gasteiger partial charge in [0.2, 0.25) is 5.91 Å². The van der Waals surface area contributed by atoms with E-state index in [4.69, 9.17) is 0 Å². The summed E-state index contributed by atoms with van der Waals surface area (Å²) in [6, 6.07) is 13.7. The van der Waals surface area contributed by atoms with Crippen LogP contribution in [-0.2, 0) is 11.2 Å². The molecule has 0 unspecified atom stereocenters. The average Bonchev–Trinajstić information content (AvgIpc) is 2.97. The predicted molar refractivity (Wildman–Crippen MR) is 88.9 cm³/mol. The Morgan fingerprint density at radius 1 is 1.18 bits per heavy atom. The maximum absolute atomic E-state index is 12.0. The highest BCUT2D eigenvalue weighted by Crippen LogP contribution is 2.25. The second-order valence-corrected chi connectivity index (χ2v) is 5.81. The fourth-order valence-electron chi connectivity index (χ4n) is 2.02. The first-order valence-corrected chi connectivity index (χ1v) is 7.81. The van der Waals surface area contributed by atoms with Gasteiger partial charge in [-0.15, -0.1) is 11.3 Å². The number of hydrogen-bond donors (Lipinski definition) is 1. The Hall–Kier alpha value is -2.53. The number of amides is 1. The maximum atomic E-state index is 12.0. The minimum atomic E-state index is -0.108. The van der Waals surface area contributed by atoms with Crippen LogP contribution in [0.15, 0.2) is 54.0 Å².